The van der Waals surface area contributed by atoms with Crippen molar-refractivity contribution >= 4 is 0 Å². The number of aromatic nitrogens is 1. The van der Waals surface area contributed by atoms with Crippen LogP contribution < -0.4 is 56.8 Å². The van der Waals surface area contributed by atoms with E-state index in [9.17, 15) is 4.79 Å². The van der Waals surface area contributed by atoms with Gasteiger partial charge in [0.05, 0.1) is 5.43 Å². The molecule has 0 radical (unpaired) electrons. The molecular formula is C6H6KNO. The van der Waals surface area contributed by atoms with Crippen molar-refractivity contribution in [1.29, 1.82) is 0 Å². The molecule has 0 amide bonds. The molecule has 3 heteroatoms. The van der Waals surface area contributed by atoms with E-state index in [1.54, 1.807) is 0 Å². The summed E-state index contributed by atoms with van der Waals surface area (Å²) in [5, 5.41) is 0. The molecule has 0 fully saturated rings. The smallest absolute Gasteiger partial charge is 0.472 e. The SMILES string of the molecule is Cc1cc(=O)c[c-][nH]1.[K+]. The molecule has 0 aromatic carbocycles. The van der Waals surface area contributed by atoms with Crippen LogP contribution in [0.25, 0.3) is 0 Å². The van der Waals surface area contributed by atoms with Gasteiger partial charge in [0, 0.05) is 0 Å². The Balaban J connectivity index is 0.000000640. The first-order chi connectivity index (χ1) is 3.79. The molecule has 1 N–H and O–H groups in total. The van der Waals surface area contributed by atoms with Gasteiger partial charge < -0.3 is 9.78 Å². The Kier molecular flexibility index (Phi) is 4.70. The molecule has 1 aromatic heterocycles. The van der Waals surface area contributed by atoms with Gasteiger partial charge in [0.15, 0.2) is 0 Å². The molecule has 2 nitrogen and oxygen atoms in total. The maximum atomic E-state index is 10.4. The quantitative estimate of drug-likeness (QED) is 0.319. The Morgan fingerprint density at radius 2 is 2.33 bits per heavy atom. The Labute approximate surface area is 96.1 Å². The molecule has 0 spiro atoms. The monoisotopic (exact) mass is 147 g/mol. The number of pyridine rings is 1. The van der Waals surface area contributed by atoms with Crippen LogP contribution in [0.4, 0.5) is 0 Å². The van der Waals surface area contributed by atoms with Gasteiger partial charge >= 0.3 is 51.4 Å². The topological polar surface area (TPSA) is 32.9 Å². The van der Waals surface area contributed by atoms with Crippen LogP contribution in [0.15, 0.2) is 16.9 Å². The molecule has 1 rings (SSSR count). The summed E-state index contributed by atoms with van der Waals surface area (Å²) in [5.41, 5.74) is 0.846. The van der Waals surface area contributed by atoms with Crippen LogP contribution in [0.5, 0.6) is 0 Å². The van der Waals surface area contributed by atoms with E-state index in [2.05, 4.69) is 11.2 Å². The van der Waals surface area contributed by atoms with Crippen molar-refractivity contribution in [3.8, 4) is 0 Å². The number of aromatic amines is 1. The summed E-state index contributed by atoms with van der Waals surface area (Å²) < 4.78 is 0. The fourth-order valence-corrected chi connectivity index (χ4v) is 0.512. The van der Waals surface area contributed by atoms with Gasteiger partial charge in [-0.3, -0.25) is 0 Å². The molecule has 0 aliphatic carbocycles. The fraction of sp³-hybridized carbons (Fsp3) is 0.167. The van der Waals surface area contributed by atoms with Crippen LogP contribution in [-0.4, -0.2) is 4.98 Å². The zero-order chi connectivity index (χ0) is 5.98. The number of nitrogens with one attached hydrogen (secondary N) is 1. The number of H-pyrrole nitrogens is 1. The van der Waals surface area contributed by atoms with E-state index in [1.165, 1.54) is 12.1 Å². The zero-order valence-electron chi connectivity index (χ0n) is 5.56. The molecule has 0 aliphatic heterocycles. The predicted octanol–water partition coefficient (Wildman–Crippen LogP) is -2.51. The van der Waals surface area contributed by atoms with Gasteiger partial charge in [-0.05, 0) is 0 Å². The first kappa shape index (κ1) is 9.59. The van der Waals surface area contributed by atoms with Crippen molar-refractivity contribution in [2.75, 3.05) is 0 Å². The Morgan fingerprint density at radius 3 is 2.67 bits per heavy atom. The molecule has 0 bridgehead atoms. The van der Waals surface area contributed by atoms with Crippen molar-refractivity contribution in [2.24, 2.45) is 0 Å². The first-order valence-electron chi connectivity index (χ1n) is 2.36. The zero-order valence-corrected chi connectivity index (χ0v) is 8.69. The van der Waals surface area contributed by atoms with Crippen molar-refractivity contribution in [3.63, 3.8) is 0 Å². The number of hydrogen-bond donors (Lipinski definition) is 1. The molecule has 0 aliphatic rings. The summed E-state index contributed by atoms with van der Waals surface area (Å²) in [6.45, 7) is 1.82. The third-order valence-corrected chi connectivity index (χ3v) is 0.843. The molecule has 0 saturated heterocycles. The Hall–Kier alpha value is 0.586. The second-order valence-electron chi connectivity index (χ2n) is 1.64. The van der Waals surface area contributed by atoms with Crippen LogP contribution in [0.2, 0.25) is 0 Å². The van der Waals surface area contributed by atoms with Crippen LogP contribution >= 0.6 is 0 Å². The molecular weight excluding hydrogens is 141 g/mol. The van der Waals surface area contributed by atoms with Crippen LogP contribution in [0.3, 0.4) is 0 Å². The number of aryl methyl sites for hydroxylation is 1. The van der Waals surface area contributed by atoms with Gasteiger partial charge in [-0.1, -0.05) is 12.6 Å². The van der Waals surface area contributed by atoms with E-state index in [0.29, 0.717) is 0 Å². The minimum absolute atomic E-state index is 0. The average molecular weight is 147 g/mol. The predicted molar refractivity (Wildman–Crippen MR) is 30.6 cm³/mol. The van der Waals surface area contributed by atoms with Crippen molar-refractivity contribution in [1.82, 2.24) is 4.98 Å². The van der Waals surface area contributed by atoms with Crippen molar-refractivity contribution < 1.29 is 51.4 Å². The second-order valence-corrected chi connectivity index (χ2v) is 1.64. The van der Waals surface area contributed by atoms with Crippen LogP contribution in [0, 0.1) is 13.1 Å². The maximum Gasteiger partial charge on any atom is 1.00 e. The van der Waals surface area contributed by atoms with Crippen LogP contribution in [0.1, 0.15) is 5.69 Å². The standard InChI is InChI=1S/C6H6NO.K/c1-5-4-6(8)2-3-7-5;/h2,4H,1H3,(H,7,8);/q-1;+1. The molecule has 0 unspecified atom stereocenters. The third kappa shape index (κ3) is 3.32. The molecule has 1 heterocycles. The largest absolute Gasteiger partial charge is 1.00 e. The normalized spacial score (nSPS) is 8.11. The second kappa shape index (κ2) is 4.41. The molecule has 1 aromatic rings. The minimum Gasteiger partial charge on any atom is -0.472 e. The van der Waals surface area contributed by atoms with E-state index in [4.69, 9.17) is 0 Å². The fourth-order valence-electron chi connectivity index (χ4n) is 0.512. The minimum atomic E-state index is 0. The van der Waals surface area contributed by atoms with Crippen molar-refractivity contribution in [3.05, 3.63) is 34.2 Å². The molecule has 0 saturated carbocycles. The maximum absolute atomic E-state index is 10.4. The van der Waals surface area contributed by atoms with E-state index in [0.717, 1.165) is 5.69 Å². The van der Waals surface area contributed by atoms with Gasteiger partial charge in [-0.25, -0.2) is 0 Å². The summed E-state index contributed by atoms with van der Waals surface area (Å²) in [4.78, 5) is 13.2. The van der Waals surface area contributed by atoms with E-state index >= 15 is 0 Å². The van der Waals surface area contributed by atoms with E-state index < -0.39 is 0 Å². The number of hydrogen-bond acceptors (Lipinski definition) is 1. The summed E-state index contributed by atoms with van der Waals surface area (Å²) in [6, 6.07) is 2.89. The summed E-state index contributed by atoms with van der Waals surface area (Å²) in [6.07, 6.45) is 2.59. The van der Waals surface area contributed by atoms with Gasteiger partial charge in [-0.15, -0.1) is 18.3 Å². The first-order valence-corrected chi connectivity index (χ1v) is 2.36. The van der Waals surface area contributed by atoms with Crippen molar-refractivity contribution in [2.45, 2.75) is 6.92 Å². The molecule has 0 atom stereocenters. The molecule has 9 heavy (non-hydrogen) atoms. The van der Waals surface area contributed by atoms with Gasteiger partial charge in [0.25, 0.3) is 0 Å². The van der Waals surface area contributed by atoms with E-state index in [-0.39, 0.29) is 56.8 Å². The summed E-state index contributed by atoms with van der Waals surface area (Å²) in [7, 11) is 0. The van der Waals surface area contributed by atoms with Gasteiger partial charge in [-0.2, -0.15) is 0 Å². The average Bonchev–Trinajstić information content (AvgIpc) is 1.64. The Bertz CT molecular complexity index is 230. The third-order valence-electron chi connectivity index (χ3n) is 0.843. The van der Waals surface area contributed by atoms with Crippen LogP contribution in [-0.2, 0) is 0 Å². The summed E-state index contributed by atoms with van der Waals surface area (Å²) >= 11 is 0. The van der Waals surface area contributed by atoms with Gasteiger partial charge in [0.1, 0.15) is 0 Å². The Morgan fingerprint density at radius 1 is 1.67 bits per heavy atom. The summed E-state index contributed by atoms with van der Waals surface area (Å²) in [5.74, 6) is 0. The molecule has 42 valence electrons. The van der Waals surface area contributed by atoms with E-state index in [1.807, 2.05) is 6.92 Å². The number of rotatable bonds is 0. The van der Waals surface area contributed by atoms with Gasteiger partial charge in [0.2, 0.25) is 0 Å².